The summed E-state index contributed by atoms with van der Waals surface area (Å²) in [4.78, 5) is 34.2. The summed E-state index contributed by atoms with van der Waals surface area (Å²) in [5, 5.41) is 1.20. The molecule has 0 atom stereocenters. The molecule has 3 aliphatic rings. The van der Waals surface area contributed by atoms with E-state index >= 15 is 0 Å². The Morgan fingerprint density at radius 3 is 2.33 bits per heavy atom. The van der Waals surface area contributed by atoms with Crippen molar-refractivity contribution in [3.05, 3.63) is 16.3 Å². The SMILES string of the molecule is Cc1sc2nc(CN3CCC(C)CC3)nc(N3CCN(C(=O)N4CCOCC4)CC3)c2c1C. The van der Waals surface area contributed by atoms with E-state index in [0.29, 0.717) is 26.3 Å². The Labute approximate surface area is 200 Å². The lowest BCUT2D eigenvalue weighted by atomic mass is 9.99. The number of urea groups is 1. The molecular weight excluding hydrogens is 436 g/mol. The van der Waals surface area contributed by atoms with Crippen molar-refractivity contribution in [1.82, 2.24) is 24.7 Å². The van der Waals surface area contributed by atoms with Crippen LogP contribution in [0.4, 0.5) is 10.6 Å². The third-order valence-corrected chi connectivity index (χ3v) is 8.53. The fraction of sp³-hybridized carbons (Fsp3) is 0.708. The number of aryl methyl sites for hydroxylation is 2. The predicted octanol–water partition coefficient (Wildman–Crippen LogP) is 3.11. The summed E-state index contributed by atoms with van der Waals surface area (Å²) in [6.45, 7) is 15.5. The van der Waals surface area contributed by atoms with Crippen molar-refractivity contribution >= 4 is 33.4 Å². The zero-order valence-corrected chi connectivity index (χ0v) is 21.0. The monoisotopic (exact) mass is 472 g/mol. The molecule has 5 heterocycles. The van der Waals surface area contributed by atoms with Gasteiger partial charge in [0.1, 0.15) is 16.5 Å². The van der Waals surface area contributed by atoms with Gasteiger partial charge < -0.3 is 19.4 Å². The number of piperazine rings is 1. The molecule has 0 unspecified atom stereocenters. The average molecular weight is 473 g/mol. The van der Waals surface area contributed by atoms with E-state index < -0.39 is 0 Å². The number of carbonyl (C=O) groups excluding carboxylic acids is 1. The average Bonchev–Trinajstić information content (AvgIpc) is 3.13. The van der Waals surface area contributed by atoms with Gasteiger partial charge in [0.25, 0.3) is 0 Å². The molecule has 2 aromatic heterocycles. The molecular formula is C24H36N6O2S. The number of rotatable bonds is 3. The summed E-state index contributed by atoms with van der Waals surface area (Å²) < 4.78 is 5.40. The van der Waals surface area contributed by atoms with E-state index in [1.54, 1.807) is 11.3 Å². The van der Waals surface area contributed by atoms with Crippen LogP contribution in [0.1, 0.15) is 36.0 Å². The molecule has 180 valence electrons. The third-order valence-electron chi connectivity index (χ3n) is 7.43. The normalized spacial score (nSPS) is 21.2. The van der Waals surface area contributed by atoms with Crippen molar-refractivity contribution < 1.29 is 9.53 Å². The number of carbonyl (C=O) groups is 1. The number of morpholine rings is 1. The van der Waals surface area contributed by atoms with Gasteiger partial charge in [0.15, 0.2) is 0 Å². The summed E-state index contributed by atoms with van der Waals surface area (Å²) in [6, 6.07) is 0.147. The fourth-order valence-electron chi connectivity index (χ4n) is 5.06. The molecule has 9 heteroatoms. The van der Waals surface area contributed by atoms with Gasteiger partial charge >= 0.3 is 6.03 Å². The highest BCUT2D eigenvalue weighted by molar-refractivity contribution is 7.18. The van der Waals surface area contributed by atoms with Crippen LogP contribution in [0.3, 0.4) is 0 Å². The Morgan fingerprint density at radius 1 is 0.970 bits per heavy atom. The van der Waals surface area contributed by atoms with E-state index in [4.69, 9.17) is 14.7 Å². The number of anilines is 1. The van der Waals surface area contributed by atoms with E-state index in [-0.39, 0.29) is 6.03 Å². The molecule has 3 saturated heterocycles. The maximum Gasteiger partial charge on any atom is 0.320 e. The van der Waals surface area contributed by atoms with Crippen molar-refractivity contribution in [2.75, 3.05) is 70.5 Å². The molecule has 8 nitrogen and oxygen atoms in total. The van der Waals surface area contributed by atoms with Crippen LogP contribution < -0.4 is 4.90 Å². The summed E-state index contributed by atoms with van der Waals surface area (Å²) >= 11 is 1.78. The van der Waals surface area contributed by atoms with E-state index in [1.165, 1.54) is 28.7 Å². The molecule has 0 N–H and O–H groups in total. The molecule has 0 radical (unpaired) electrons. The Balaban J connectivity index is 1.34. The van der Waals surface area contributed by atoms with Crippen LogP contribution in [0.25, 0.3) is 10.2 Å². The highest BCUT2D eigenvalue weighted by atomic mass is 32.1. The van der Waals surface area contributed by atoms with Gasteiger partial charge in [-0.2, -0.15) is 0 Å². The van der Waals surface area contributed by atoms with E-state index in [9.17, 15) is 4.79 Å². The summed E-state index contributed by atoms with van der Waals surface area (Å²) in [5.41, 5.74) is 1.29. The smallest absolute Gasteiger partial charge is 0.320 e. The second-order valence-corrected chi connectivity index (χ2v) is 10.9. The first-order valence-electron chi connectivity index (χ1n) is 12.3. The third kappa shape index (κ3) is 4.81. The van der Waals surface area contributed by atoms with Crippen molar-refractivity contribution in [3.63, 3.8) is 0 Å². The summed E-state index contributed by atoms with van der Waals surface area (Å²) in [6.07, 6.45) is 2.51. The van der Waals surface area contributed by atoms with Gasteiger partial charge in [0.05, 0.1) is 25.1 Å². The highest BCUT2D eigenvalue weighted by Gasteiger charge is 2.29. The van der Waals surface area contributed by atoms with Gasteiger partial charge in [-0.3, -0.25) is 4.90 Å². The molecule has 3 fully saturated rings. The maximum absolute atomic E-state index is 12.9. The molecule has 0 saturated carbocycles. The number of amides is 2. The Morgan fingerprint density at radius 2 is 1.64 bits per heavy atom. The fourth-order valence-corrected chi connectivity index (χ4v) is 6.10. The van der Waals surface area contributed by atoms with Crippen molar-refractivity contribution in [3.8, 4) is 0 Å². The lowest BCUT2D eigenvalue weighted by molar-refractivity contribution is 0.0428. The molecule has 33 heavy (non-hydrogen) atoms. The molecule has 0 aliphatic carbocycles. The van der Waals surface area contributed by atoms with Crippen molar-refractivity contribution in [2.45, 2.75) is 40.2 Å². The molecule has 2 aromatic rings. The van der Waals surface area contributed by atoms with Gasteiger partial charge in [-0.25, -0.2) is 14.8 Å². The van der Waals surface area contributed by atoms with Gasteiger partial charge in [-0.1, -0.05) is 6.92 Å². The van der Waals surface area contributed by atoms with E-state index in [2.05, 4.69) is 30.6 Å². The minimum absolute atomic E-state index is 0.147. The van der Waals surface area contributed by atoms with Crippen molar-refractivity contribution in [2.24, 2.45) is 5.92 Å². The highest BCUT2D eigenvalue weighted by Crippen LogP contribution is 2.35. The number of nitrogens with zero attached hydrogens (tertiary/aromatic N) is 6. The van der Waals surface area contributed by atoms with Gasteiger partial charge in [-0.15, -0.1) is 11.3 Å². The topological polar surface area (TPSA) is 65.0 Å². The first-order chi connectivity index (χ1) is 16.0. The van der Waals surface area contributed by atoms with E-state index in [0.717, 1.165) is 68.2 Å². The van der Waals surface area contributed by atoms with Crippen LogP contribution in [-0.4, -0.2) is 96.3 Å². The van der Waals surface area contributed by atoms with Crippen LogP contribution in [0, 0.1) is 19.8 Å². The van der Waals surface area contributed by atoms with Gasteiger partial charge in [0.2, 0.25) is 0 Å². The van der Waals surface area contributed by atoms with Gasteiger partial charge in [-0.05, 0) is 51.3 Å². The van der Waals surface area contributed by atoms with E-state index in [1.807, 2.05) is 9.80 Å². The number of piperidine rings is 1. The van der Waals surface area contributed by atoms with Crippen LogP contribution in [0.2, 0.25) is 0 Å². The number of aromatic nitrogens is 2. The largest absolute Gasteiger partial charge is 0.378 e. The quantitative estimate of drug-likeness (QED) is 0.684. The first kappa shape index (κ1) is 22.8. The lowest BCUT2D eigenvalue weighted by Crippen LogP contribution is -2.55. The van der Waals surface area contributed by atoms with Crippen LogP contribution >= 0.6 is 11.3 Å². The van der Waals surface area contributed by atoms with Crippen LogP contribution in [0.15, 0.2) is 0 Å². The Bertz CT molecular complexity index is 988. The zero-order chi connectivity index (χ0) is 22.9. The molecule has 0 spiro atoms. The number of ether oxygens (including phenoxy) is 1. The summed E-state index contributed by atoms with van der Waals surface area (Å²) in [5.74, 6) is 2.81. The number of likely N-dealkylation sites (tertiary alicyclic amines) is 1. The Hall–Kier alpha value is -1.97. The predicted molar refractivity (Wildman–Crippen MR) is 132 cm³/mol. The molecule has 5 rings (SSSR count). The number of hydrogen-bond donors (Lipinski definition) is 0. The molecule has 3 aliphatic heterocycles. The molecule has 0 aromatic carbocycles. The molecule has 0 bridgehead atoms. The molecule has 2 amide bonds. The second-order valence-electron chi connectivity index (χ2n) is 9.74. The van der Waals surface area contributed by atoms with Crippen LogP contribution in [0.5, 0.6) is 0 Å². The second kappa shape index (κ2) is 9.72. The first-order valence-corrected chi connectivity index (χ1v) is 13.2. The zero-order valence-electron chi connectivity index (χ0n) is 20.2. The maximum atomic E-state index is 12.9. The number of thiophene rings is 1. The minimum atomic E-state index is 0.147. The number of fused-ring (bicyclic) bond motifs is 1. The van der Waals surface area contributed by atoms with Gasteiger partial charge in [0, 0.05) is 44.1 Å². The number of hydrogen-bond acceptors (Lipinski definition) is 7. The summed E-state index contributed by atoms with van der Waals surface area (Å²) in [7, 11) is 0. The standard InChI is InChI=1S/C24H36N6O2S/c1-17-4-6-27(7-5-17)16-20-25-22(21-18(2)19(3)33-23(21)26-20)28-8-10-29(11-9-28)24(31)30-12-14-32-15-13-30/h17H,4-16H2,1-3H3. The minimum Gasteiger partial charge on any atom is -0.378 e. The van der Waals surface area contributed by atoms with Crippen LogP contribution in [-0.2, 0) is 11.3 Å². The lowest BCUT2D eigenvalue weighted by Gasteiger charge is -2.39. The Kier molecular flexibility index (Phi) is 6.72. The van der Waals surface area contributed by atoms with Crippen molar-refractivity contribution in [1.29, 1.82) is 0 Å².